The van der Waals surface area contributed by atoms with Gasteiger partial charge in [0.05, 0.1) is 33.5 Å². The van der Waals surface area contributed by atoms with Crippen molar-refractivity contribution in [3.63, 3.8) is 0 Å². The van der Waals surface area contributed by atoms with Crippen molar-refractivity contribution in [3.05, 3.63) is 96.2 Å². The van der Waals surface area contributed by atoms with E-state index in [1.54, 1.807) is 0 Å². The van der Waals surface area contributed by atoms with E-state index in [4.69, 9.17) is 4.98 Å². The van der Waals surface area contributed by atoms with Crippen LogP contribution in [0.1, 0.15) is 18.1 Å². The Hall–Kier alpha value is -3.59. The summed E-state index contributed by atoms with van der Waals surface area (Å²) in [5.41, 5.74) is 9.93. The standard InChI is InChI=1S/C25H17N3/c1-25-18-10-5-6-11-19(18)27(16-8-3-2-4-9-16)20-14-13-17-23-21(12-7-15-26-23)28(25)24(17)22(20)25/h2-15H,1H3. The number of hydrogen-bond donors (Lipinski definition) is 0. The summed E-state index contributed by atoms with van der Waals surface area (Å²) in [6.45, 7) is 2.35. The molecular formula is C25H17N3. The fourth-order valence-electron chi connectivity index (χ4n) is 5.42. The van der Waals surface area contributed by atoms with E-state index in [-0.39, 0.29) is 5.54 Å². The minimum atomic E-state index is -0.170. The van der Waals surface area contributed by atoms with Gasteiger partial charge in [0.2, 0.25) is 0 Å². The van der Waals surface area contributed by atoms with Crippen molar-refractivity contribution in [1.29, 1.82) is 0 Å². The third-order valence-corrected chi connectivity index (χ3v) is 6.52. The summed E-state index contributed by atoms with van der Waals surface area (Å²) in [7, 11) is 0. The van der Waals surface area contributed by atoms with Crippen LogP contribution in [0.3, 0.4) is 0 Å². The first-order valence-electron chi connectivity index (χ1n) is 9.68. The van der Waals surface area contributed by atoms with Crippen molar-refractivity contribution >= 4 is 39.0 Å². The van der Waals surface area contributed by atoms with E-state index in [1.165, 1.54) is 44.6 Å². The van der Waals surface area contributed by atoms with Gasteiger partial charge in [0, 0.05) is 28.4 Å². The Kier molecular flexibility index (Phi) is 2.39. The van der Waals surface area contributed by atoms with Gasteiger partial charge >= 0.3 is 0 Å². The first-order chi connectivity index (χ1) is 13.8. The molecule has 0 bridgehead atoms. The summed E-state index contributed by atoms with van der Waals surface area (Å²) in [6, 6.07) is 28.2. The Bertz CT molecular complexity index is 1430. The molecule has 132 valence electrons. The smallest absolute Gasteiger partial charge is 0.0989 e. The van der Waals surface area contributed by atoms with Crippen molar-refractivity contribution in [2.45, 2.75) is 12.5 Å². The van der Waals surface area contributed by atoms with Gasteiger partial charge in [0.25, 0.3) is 0 Å². The van der Waals surface area contributed by atoms with E-state index in [0.717, 1.165) is 5.52 Å². The normalized spacial score (nSPS) is 19.0. The van der Waals surface area contributed by atoms with Gasteiger partial charge in [-0.3, -0.25) is 4.98 Å². The lowest BCUT2D eigenvalue weighted by atomic mass is 9.73. The van der Waals surface area contributed by atoms with Gasteiger partial charge in [-0.1, -0.05) is 36.4 Å². The zero-order valence-electron chi connectivity index (χ0n) is 15.4. The molecule has 0 saturated carbocycles. The molecule has 1 atom stereocenters. The molecule has 2 aromatic heterocycles. The van der Waals surface area contributed by atoms with Crippen LogP contribution in [-0.4, -0.2) is 9.55 Å². The molecule has 4 heterocycles. The van der Waals surface area contributed by atoms with E-state index in [1.807, 2.05) is 12.3 Å². The van der Waals surface area contributed by atoms with Crippen LogP contribution in [0.15, 0.2) is 85.1 Å². The molecule has 3 nitrogen and oxygen atoms in total. The third-order valence-electron chi connectivity index (χ3n) is 6.52. The maximum Gasteiger partial charge on any atom is 0.0989 e. The van der Waals surface area contributed by atoms with Crippen molar-refractivity contribution < 1.29 is 0 Å². The number of aromatic nitrogens is 2. The third kappa shape index (κ3) is 1.41. The molecule has 0 radical (unpaired) electrons. The zero-order chi connectivity index (χ0) is 18.5. The summed E-state index contributed by atoms with van der Waals surface area (Å²) < 4.78 is 2.49. The molecule has 2 aliphatic heterocycles. The molecular weight excluding hydrogens is 342 g/mol. The highest BCUT2D eigenvalue weighted by Crippen LogP contribution is 2.61. The van der Waals surface area contributed by atoms with Gasteiger partial charge in [0.15, 0.2) is 0 Å². The van der Waals surface area contributed by atoms with Crippen LogP contribution in [0, 0.1) is 0 Å². The average Bonchev–Trinajstić information content (AvgIpc) is 3.07. The number of hydrogen-bond acceptors (Lipinski definition) is 2. The van der Waals surface area contributed by atoms with Crippen molar-refractivity contribution in [2.75, 3.05) is 4.90 Å². The van der Waals surface area contributed by atoms with Gasteiger partial charge in [-0.2, -0.15) is 0 Å². The molecule has 7 rings (SSSR count). The molecule has 2 aliphatic rings. The second kappa shape index (κ2) is 4.63. The maximum absolute atomic E-state index is 4.71. The van der Waals surface area contributed by atoms with Gasteiger partial charge in [-0.15, -0.1) is 0 Å². The van der Waals surface area contributed by atoms with Crippen LogP contribution in [0.2, 0.25) is 0 Å². The minimum absolute atomic E-state index is 0.170. The maximum atomic E-state index is 4.71. The quantitative estimate of drug-likeness (QED) is 0.361. The number of anilines is 3. The molecule has 0 aliphatic carbocycles. The Labute approximate surface area is 162 Å². The summed E-state index contributed by atoms with van der Waals surface area (Å²) in [5.74, 6) is 0. The number of nitrogens with zero attached hydrogens (tertiary/aromatic N) is 3. The van der Waals surface area contributed by atoms with Crippen LogP contribution < -0.4 is 4.90 Å². The highest BCUT2D eigenvalue weighted by atomic mass is 15.2. The van der Waals surface area contributed by atoms with Crippen molar-refractivity contribution in [3.8, 4) is 0 Å². The molecule has 28 heavy (non-hydrogen) atoms. The van der Waals surface area contributed by atoms with Crippen molar-refractivity contribution in [1.82, 2.24) is 9.55 Å². The first-order valence-corrected chi connectivity index (χ1v) is 9.68. The zero-order valence-corrected chi connectivity index (χ0v) is 15.4. The summed E-state index contributed by atoms with van der Waals surface area (Å²) in [6.07, 6.45) is 1.90. The summed E-state index contributed by atoms with van der Waals surface area (Å²) >= 11 is 0. The molecule has 0 spiro atoms. The SMILES string of the molecule is CC12c3ccccc3N(c3ccccc3)c3ccc4c5ncccc5n1c4c32. The fourth-order valence-corrected chi connectivity index (χ4v) is 5.42. The second-order valence-corrected chi connectivity index (χ2v) is 7.82. The number of benzene rings is 3. The Morgan fingerprint density at radius 1 is 0.786 bits per heavy atom. The highest BCUT2D eigenvalue weighted by Gasteiger charge is 2.51. The van der Waals surface area contributed by atoms with Crippen LogP contribution >= 0.6 is 0 Å². The predicted octanol–water partition coefficient (Wildman–Crippen LogP) is 6.10. The molecule has 5 aromatic rings. The number of fused-ring (bicyclic) bond motifs is 6. The van der Waals surface area contributed by atoms with Gasteiger partial charge in [0.1, 0.15) is 0 Å². The molecule has 0 N–H and O–H groups in total. The van der Waals surface area contributed by atoms with Crippen LogP contribution in [-0.2, 0) is 5.54 Å². The van der Waals surface area contributed by atoms with Gasteiger partial charge in [-0.25, -0.2) is 0 Å². The van der Waals surface area contributed by atoms with E-state index >= 15 is 0 Å². The van der Waals surface area contributed by atoms with E-state index in [0.29, 0.717) is 0 Å². The molecule has 0 fully saturated rings. The summed E-state index contributed by atoms with van der Waals surface area (Å²) in [5, 5.41) is 1.25. The summed E-state index contributed by atoms with van der Waals surface area (Å²) in [4.78, 5) is 7.12. The molecule has 1 unspecified atom stereocenters. The van der Waals surface area contributed by atoms with Gasteiger partial charge in [-0.05, 0) is 49.4 Å². The number of rotatable bonds is 1. The predicted molar refractivity (Wildman–Crippen MR) is 114 cm³/mol. The second-order valence-electron chi connectivity index (χ2n) is 7.82. The van der Waals surface area contributed by atoms with Crippen LogP contribution in [0.4, 0.5) is 17.1 Å². The first kappa shape index (κ1) is 14.5. The fraction of sp³-hybridized carbons (Fsp3) is 0.0800. The molecule has 3 heteroatoms. The largest absolute Gasteiger partial charge is 0.324 e. The van der Waals surface area contributed by atoms with Gasteiger partial charge < -0.3 is 9.47 Å². The number of pyridine rings is 1. The van der Waals surface area contributed by atoms with Crippen LogP contribution in [0.25, 0.3) is 21.9 Å². The lowest BCUT2D eigenvalue weighted by Crippen LogP contribution is -2.45. The number of para-hydroxylation sites is 2. The van der Waals surface area contributed by atoms with E-state index in [9.17, 15) is 0 Å². The Morgan fingerprint density at radius 3 is 2.50 bits per heavy atom. The lowest BCUT2D eigenvalue weighted by Gasteiger charge is -2.50. The Balaban J connectivity index is 1.68. The molecule has 3 aromatic carbocycles. The molecule has 0 amide bonds. The average molecular weight is 359 g/mol. The monoisotopic (exact) mass is 359 g/mol. The lowest BCUT2D eigenvalue weighted by molar-refractivity contribution is 0.462. The molecule has 0 saturated heterocycles. The minimum Gasteiger partial charge on any atom is -0.324 e. The van der Waals surface area contributed by atoms with Crippen molar-refractivity contribution in [2.24, 2.45) is 0 Å². The van der Waals surface area contributed by atoms with E-state index in [2.05, 4.69) is 89.2 Å². The topological polar surface area (TPSA) is 21.1 Å². The highest BCUT2D eigenvalue weighted by molar-refractivity contribution is 6.14. The Morgan fingerprint density at radius 2 is 1.61 bits per heavy atom. The van der Waals surface area contributed by atoms with E-state index < -0.39 is 0 Å². The van der Waals surface area contributed by atoms with Crippen LogP contribution in [0.5, 0.6) is 0 Å².